The number of phenolic OH excluding ortho intramolecular Hbond substituents is 1. The van der Waals surface area contributed by atoms with Crippen LogP contribution in [0, 0.1) is 5.92 Å². The van der Waals surface area contributed by atoms with E-state index < -0.39 is 11.8 Å². The molecule has 7 heteroatoms. The van der Waals surface area contributed by atoms with Crippen molar-refractivity contribution in [1.29, 1.82) is 0 Å². The highest BCUT2D eigenvalue weighted by Gasteiger charge is 2.40. The quantitative estimate of drug-likeness (QED) is 0.444. The SMILES string of the molecule is O=C1NC[C@@H](c2ccccc2)[C@H]1C(=O)N/N=C/c1cc(Cl)ccc1O. The first-order chi connectivity index (χ1) is 12.1. The van der Waals surface area contributed by atoms with Gasteiger partial charge in [-0.15, -0.1) is 0 Å². The van der Waals surface area contributed by atoms with Crippen LogP contribution in [-0.2, 0) is 9.59 Å². The number of nitrogens with one attached hydrogen (secondary N) is 2. The molecule has 3 rings (SSSR count). The fraction of sp³-hybridized carbons (Fsp3) is 0.167. The van der Waals surface area contributed by atoms with Gasteiger partial charge in [-0.1, -0.05) is 41.9 Å². The van der Waals surface area contributed by atoms with Crippen LogP contribution in [0.3, 0.4) is 0 Å². The van der Waals surface area contributed by atoms with Crippen molar-refractivity contribution in [3.8, 4) is 5.75 Å². The van der Waals surface area contributed by atoms with Gasteiger partial charge in [0.25, 0.3) is 5.91 Å². The van der Waals surface area contributed by atoms with E-state index in [4.69, 9.17) is 11.6 Å². The summed E-state index contributed by atoms with van der Waals surface area (Å²) in [6, 6.07) is 13.9. The Kier molecular flexibility index (Phi) is 5.00. The molecule has 0 aromatic heterocycles. The minimum atomic E-state index is -0.854. The molecule has 6 nitrogen and oxygen atoms in total. The number of halogens is 1. The van der Waals surface area contributed by atoms with Gasteiger partial charge in [-0.05, 0) is 23.8 Å². The summed E-state index contributed by atoms with van der Waals surface area (Å²) < 4.78 is 0. The van der Waals surface area contributed by atoms with Crippen LogP contribution >= 0.6 is 11.6 Å². The molecule has 128 valence electrons. The Morgan fingerprint density at radius 2 is 2.04 bits per heavy atom. The highest BCUT2D eigenvalue weighted by atomic mass is 35.5. The Bertz CT molecular complexity index is 824. The summed E-state index contributed by atoms with van der Waals surface area (Å²) in [6.45, 7) is 0.403. The number of benzene rings is 2. The zero-order valence-corrected chi connectivity index (χ0v) is 13.9. The van der Waals surface area contributed by atoms with Crippen LogP contribution in [-0.4, -0.2) is 29.7 Å². The van der Waals surface area contributed by atoms with Gasteiger partial charge in [0.15, 0.2) is 0 Å². The van der Waals surface area contributed by atoms with E-state index in [-0.39, 0.29) is 17.6 Å². The lowest BCUT2D eigenvalue weighted by Gasteiger charge is -2.15. The smallest absolute Gasteiger partial charge is 0.253 e. The first-order valence-corrected chi connectivity index (χ1v) is 8.08. The summed E-state index contributed by atoms with van der Waals surface area (Å²) in [6.07, 6.45) is 1.28. The molecule has 0 radical (unpaired) electrons. The first kappa shape index (κ1) is 17.0. The van der Waals surface area contributed by atoms with Gasteiger partial charge in [0, 0.05) is 23.0 Å². The van der Waals surface area contributed by atoms with E-state index in [1.807, 2.05) is 30.3 Å². The molecule has 1 aliphatic rings. The summed E-state index contributed by atoms with van der Waals surface area (Å²) in [4.78, 5) is 24.5. The molecule has 0 aliphatic carbocycles. The molecule has 25 heavy (non-hydrogen) atoms. The molecule has 3 N–H and O–H groups in total. The number of hydrazone groups is 1. The van der Waals surface area contributed by atoms with E-state index in [2.05, 4.69) is 15.8 Å². The van der Waals surface area contributed by atoms with Gasteiger partial charge in [-0.3, -0.25) is 9.59 Å². The Labute approximate surface area is 149 Å². The Morgan fingerprint density at radius 3 is 2.80 bits per heavy atom. The standard InChI is InChI=1S/C18H16ClN3O3/c19-13-6-7-15(23)12(8-13)9-21-22-18(25)16-14(10-20-17(16)24)11-4-2-1-3-5-11/h1-9,14,16,23H,10H2,(H,20,24)(H,22,25)/b21-9+/t14-,16+/m0/s1. The molecular weight excluding hydrogens is 342 g/mol. The molecule has 0 unspecified atom stereocenters. The van der Waals surface area contributed by atoms with E-state index in [0.717, 1.165) is 5.56 Å². The van der Waals surface area contributed by atoms with Crippen LogP contribution in [0.1, 0.15) is 17.0 Å². The number of carbonyl (C=O) groups is 2. The molecule has 1 aliphatic heterocycles. The van der Waals surface area contributed by atoms with Crippen molar-refractivity contribution in [1.82, 2.24) is 10.7 Å². The third kappa shape index (κ3) is 3.80. The zero-order valence-electron chi connectivity index (χ0n) is 13.1. The summed E-state index contributed by atoms with van der Waals surface area (Å²) in [7, 11) is 0. The van der Waals surface area contributed by atoms with Gasteiger partial charge in [0.2, 0.25) is 5.91 Å². The molecule has 1 heterocycles. The fourth-order valence-corrected chi connectivity index (χ4v) is 2.98. The fourth-order valence-electron chi connectivity index (χ4n) is 2.80. The van der Waals surface area contributed by atoms with Crippen LogP contribution < -0.4 is 10.7 Å². The minimum Gasteiger partial charge on any atom is -0.507 e. The van der Waals surface area contributed by atoms with Crippen molar-refractivity contribution in [2.45, 2.75) is 5.92 Å². The minimum absolute atomic E-state index is 0.0110. The van der Waals surface area contributed by atoms with Gasteiger partial charge in [0.05, 0.1) is 6.21 Å². The summed E-state index contributed by atoms with van der Waals surface area (Å²) in [5.41, 5.74) is 3.64. The predicted octanol–water partition coefficient (Wildman–Crippen LogP) is 2.03. The Hall–Kier alpha value is -2.86. The second-order valence-electron chi connectivity index (χ2n) is 5.68. The lowest BCUT2D eigenvalue weighted by atomic mass is 9.88. The largest absolute Gasteiger partial charge is 0.507 e. The van der Waals surface area contributed by atoms with Crippen molar-refractivity contribution in [3.63, 3.8) is 0 Å². The predicted molar refractivity (Wildman–Crippen MR) is 94.5 cm³/mol. The topological polar surface area (TPSA) is 90.8 Å². The van der Waals surface area contributed by atoms with Crippen molar-refractivity contribution >= 4 is 29.6 Å². The normalized spacial score (nSPS) is 19.8. The Balaban J connectivity index is 1.72. The molecule has 0 spiro atoms. The number of carbonyl (C=O) groups excluding carboxylic acids is 2. The molecule has 0 bridgehead atoms. The van der Waals surface area contributed by atoms with Crippen molar-refractivity contribution in [2.75, 3.05) is 6.54 Å². The highest BCUT2D eigenvalue weighted by molar-refractivity contribution is 6.30. The molecule has 2 aromatic rings. The van der Waals surface area contributed by atoms with Crippen LogP contribution in [0.25, 0.3) is 0 Å². The average molecular weight is 358 g/mol. The number of nitrogens with zero attached hydrogens (tertiary/aromatic N) is 1. The van der Waals surface area contributed by atoms with Crippen molar-refractivity contribution in [3.05, 3.63) is 64.7 Å². The van der Waals surface area contributed by atoms with Crippen LogP contribution in [0.4, 0.5) is 0 Å². The number of hydrogen-bond donors (Lipinski definition) is 3. The summed E-state index contributed by atoms with van der Waals surface area (Å²) >= 11 is 5.85. The molecular formula is C18H16ClN3O3. The lowest BCUT2D eigenvalue weighted by Crippen LogP contribution is -2.34. The number of hydrogen-bond acceptors (Lipinski definition) is 4. The van der Waals surface area contributed by atoms with Crippen molar-refractivity contribution in [2.24, 2.45) is 11.0 Å². The third-order valence-corrected chi connectivity index (χ3v) is 4.29. The summed E-state index contributed by atoms with van der Waals surface area (Å²) in [5, 5.41) is 16.7. The second kappa shape index (κ2) is 7.36. The molecule has 2 aromatic carbocycles. The molecule has 0 saturated carbocycles. The Morgan fingerprint density at radius 1 is 1.28 bits per heavy atom. The monoisotopic (exact) mass is 357 g/mol. The van der Waals surface area contributed by atoms with E-state index >= 15 is 0 Å². The second-order valence-corrected chi connectivity index (χ2v) is 6.11. The maximum Gasteiger partial charge on any atom is 0.253 e. The number of aromatic hydroxyl groups is 1. The van der Waals surface area contributed by atoms with Gasteiger partial charge < -0.3 is 10.4 Å². The number of phenols is 1. The van der Waals surface area contributed by atoms with Crippen LogP contribution in [0.15, 0.2) is 53.6 Å². The van der Waals surface area contributed by atoms with Gasteiger partial charge in [-0.2, -0.15) is 5.10 Å². The zero-order chi connectivity index (χ0) is 17.8. The van der Waals surface area contributed by atoms with Gasteiger partial charge >= 0.3 is 0 Å². The summed E-state index contributed by atoms with van der Waals surface area (Å²) in [5.74, 6) is -1.94. The molecule has 2 atom stereocenters. The maximum atomic E-state index is 12.4. The highest BCUT2D eigenvalue weighted by Crippen LogP contribution is 2.29. The average Bonchev–Trinajstić information content (AvgIpc) is 3.00. The first-order valence-electron chi connectivity index (χ1n) is 7.70. The lowest BCUT2D eigenvalue weighted by molar-refractivity contribution is -0.133. The van der Waals surface area contributed by atoms with E-state index in [1.165, 1.54) is 18.3 Å². The van der Waals surface area contributed by atoms with Crippen LogP contribution in [0.5, 0.6) is 5.75 Å². The van der Waals surface area contributed by atoms with Crippen LogP contribution in [0.2, 0.25) is 5.02 Å². The molecule has 1 saturated heterocycles. The van der Waals surface area contributed by atoms with E-state index in [1.54, 1.807) is 6.07 Å². The van der Waals surface area contributed by atoms with Crippen molar-refractivity contribution < 1.29 is 14.7 Å². The van der Waals surface area contributed by atoms with E-state index in [9.17, 15) is 14.7 Å². The van der Waals surface area contributed by atoms with Gasteiger partial charge in [0.1, 0.15) is 11.7 Å². The third-order valence-electron chi connectivity index (χ3n) is 4.06. The maximum absolute atomic E-state index is 12.4. The number of rotatable bonds is 4. The molecule has 1 fully saturated rings. The number of amides is 2. The molecule has 2 amide bonds. The van der Waals surface area contributed by atoms with E-state index in [0.29, 0.717) is 17.1 Å². The van der Waals surface area contributed by atoms with Gasteiger partial charge in [-0.25, -0.2) is 5.43 Å².